The fourth-order valence-corrected chi connectivity index (χ4v) is 3.94. The lowest BCUT2D eigenvalue weighted by atomic mass is 10.1. The van der Waals surface area contributed by atoms with Crippen molar-refractivity contribution in [2.45, 2.75) is 32.4 Å². The van der Waals surface area contributed by atoms with E-state index in [1.54, 1.807) is 4.90 Å². The van der Waals surface area contributed by atoms with Gasteiger partial charge in [-0.15, -0.1) is 0 Å². The third-order valence-corrected chi connectivity index (χ3v) is 5.56. The number of amides is 2. The predicted molar refractivity (Wildman–Crippen MR) is 124 cm³/mol. The first-order valence-electron chi connectivity index (χ1n) is 10.7. The smallest absolute Gasteiger partial charge is 0.259 e. The zero-order valence-corrected chi connectivity index (χ0v) is 17.7. The second-order valence-corrected chi connectivity index (χ2v) is 7.87. The average molecular weight is 414 g/mol. The van der Waals surface area contributed by atoms with Crippen LogP contribution in [0.1, 0.15) is 34.3 Å². The lowest BCUT2D eigenvalue weighted by molar-refractivity contribution is -0.120. The fourth-order valence-electron chi connectivity index (χ4n) is 3.94. The van der Waals surface area contributed by atoms with Crippen LogP contribution >= 0.6 is 0 Å². The minimum Gasteiger partial charge on any atom is -0.376 e. The van der Waals surface area contributed by atoms with Gasteiger partial charge in [-0.2, -0.15) is 0 Å². The molecule has 3 aromatic rings. The van der Waals surface area contributed by atoms with E-state index in [9.17, 15) is 9.59 Å². The molecule has 1 aliphatic rings. The van der Waals surface area contributed by atoms with E-state index in [0.717, 1.165) is 29.8 Å². The van der Waals surface area contributed by atoms with Gasteiger partial charge in [-0.25, -0.2) is 0 Å². The molecule has 0 fully saturated rings. The molecule has 2 N–H and O–H groups in total. The number of nitrogens with zero attached hydrogens (tertiary/aromatic N) is 1. The fraction of sp³-hybridized carbons (Fsp3) is 0.231. The number of carbonyl (C=O) groups excluding carboxylic acids is 2. The maximum absolute atomic E-state index is 13.5. The second kappa shape index (κ2) is 9.47. The van der Waals surface area contributed by atoms with Crippen LogP contribution in [0.25, 0.3) is 0 Å². The Morgan fingerprint density at radius 3 is 2.42 bits per heavy atom. The van der Waals surface area contributed by atoms with Crippen molar-refractivity contribution in [3.05, 3.63) is 95.6 Å². The van der Waals surface area contributed by atoms with E-state index in [-0.39, 0.29) is 18.4 Å². The molecule has 1 aliphatic heterocycles. The zero-order chi connectivity index (χ0) is 21.6. The lowest BCUT2D eigenvalue weighted by Crippen LogP contribution is -2.52. The minimum atomic E-state index is -0.399. The summed E-state index contributed by atoms with van der Waals surface area (Å²) in [6.07, 6.45) is 2.07. The summed E-state index contributed by atoms with van der Waals surface area (Å²) in [5.74, 6) is -0.248. The molecule has 2 amide bonds. The molecule has 1 heterocycles. The number of fused-ring (bicyclic) bond motifs is 1. The van der Waals surface area contributed by atoms with E-state index in [4.69, 9.17) is 0 Å². The molecule has 5 heteroatoms. The van der Waals surface area contributed by atoms with Crippen LogP contribution in [0.3, 0.4) is 0 Å². The van der Waals surface area contributed by atoms with Crippen LogP contribution in [0.5, 0.6) is 0 Å². The summed E-state index contributed by atoms with van der Waals surface area (Å²) in [6, 6.07) is 25.1. The normalized spacial score (nSPS) is 15.5. The van der Waals surface area contributed by atoms with Gasteiger partial charge in [0, 0.05) is 16.9 Å². The highest BCUT2D eigenvalue weighted by molar-refractivity contribution is 6.07. The number of hydrogen-bond donors (Lipinski definition) is 2. The SMILES string of the molecule is Cc1ccc(NCC(=O)NC2CCCc3ccccc3N2C(=O)c2ccccc2)cc1. The maximum Gasteiger partial charge on any atom is 0.259 e. The molecule has 158 valence electrons. The Morgan fingerprint density at radius 2 is 1.65 bits per heavy atom. The van der Waals surface area contributed by atoms with E-state index in [1.807, 2.05) is 79.7 Å². The Labute approximate surface area is 183 Å². The first-order valence-corrected chi connectivity index (χ1v) is 10.7. The Morgan fingerprint density at radius 1 is 0.935 bits per heavy atom. The molecule has 0 radical (unpaired) electrons. The van der Waals surface area contributed by atoms with Crippen molar-refractivity contribution in [1.82, 2.24) is 5.32 Å². The van der Waals surface area contributed by atoms with Gasteiger partial charge >= 0.3 is 0 Å². The van der Waals surface area contributed by atoms with Crippen LogP contribution in [-0.4, -0.2) is 24.5 Å². The molecule has 0 saturated heterocycles. The van der Waals surface area contributed by atoms with Crippen LogP contribution in [0.2, 0.25) is 0 Å². The molecule has 1 atom stereocenters. The van der Waals surface area contributed by atoms with Gasteiger partial charge in [0.2, 0.25) is 5.91 Å². The van der Waals surface area contributed by atoms with E-state index >= 15 is 0 Å². The Balaban J connectivity index is 1.54. The number of nitrogens with one attached hydrogen (secondary N) is 2. The maximum atomic E-state index is 13.5. The third-order valence-electron chi connectivity index (χ3n) is 5.56. The highest BCUT2D eigenvalue weighted by atomic mass is 16.2. The van der Waals surface area contributed by atoms with Crippen LogP contribution in [0, 0.1) is 6.92 Å². The molecule has 0 bridgehead atoms. The van der Waals surface area contributed by atoms with Gasteiger partial charge in [0.15, 0.2) is 0 Å². The number of para-hydroxylation sites is 1. The molecule has 0 aromatic heterocycles. The van der Waals surface area contributed by atoms with Crippen LogP contribution in [0.4, 0.5) is 11.4 Å². The molecular weight excluding hydrogens is 386 g/mol. The van der Waals surface area contributed by atoms with E-state index in [0.29, 0.717) is 12.0 Å². The summed E-state index contributed by atoms with van der Waals surface area (Å²) in [5.41, 5.74) is 4.66. The van der Waals surface area contributed by atoms with Crippen LogP contribution in [-0.2, 0) is 11.2 Å². The molecule has 31 heavy (non-hydrogen) atoms. The lowest BCUT2D eigenvalue weighted by Gasteiger charge is -2.32. The minimum absolute atomic E-state index is 0.105. The van der Waals surface area contributed by atoms with Crippen molar-refractivity contribution in [3.63, 3.8) is 0 Å². The molecule has 3 aromatic carbocycles. The Hall–Kier alpha value is -3.60. The summed E-state index contributed by atoms with van der Waals surface area (Å²) in [4.78, 5) is 28.0. The summed E-state index contributed by atoms with van der Waals surface area (Å²) in [7, 11) is 0. The van der Waals surface area contributed by atoms with Crippen molar-refractivity contribution in [1.29, 1.82) is 0 Å². The number of aryl methyl sites for hydroxylation is 2. The quantitative estimate of drug-likeness (QED) is 0.646. The Bertz CT molecular complexity index is 1050. The average Bonchev–Trinajstić information content (AvgIpc) is 2.98. The highest BCUT2D eigenvalue weighted by Crippen LogP contribution is 2.30. The number of rotatable bonds is 5. The molecule has 5 nitrogen and oxygen atoms in total. The predicted octanol–water partition coefficient (Wildman–Crippen LogP) is 4.53. The van der Waals surface area contributed by atoms with Crippen molar-refractivity contribution in [2.24, 2.45) is 0 Å². The van der Waals surface area contributed by atoms with E-state index in [1.165, 1.54) is 5.56 Å². The van der Waals surface area contributed by atoms with Crippen LogP contribution < -0.4 is 15.5 Å². The Kier molecular flexibility index (Phi) is 6.32. The van der Waals surface area contributed by atoms with Gasteiger partial charge in [-0.1, -0.05) is 54.1 Å². The van der Waals surface area contributed by atoms with Gasteiger partial charge in [-0.3, -0.25) is 14.5 Å². The van der Waals surface area contributed by atoms with Gasteiger partial charge in [0.1, 0.15) is 6.17 Å². The van der Waals surface area contributed by atoms with Crippen molar-refractivity contribution in [3.8, 4) is 0 Å². The largest absolute Gasteiger partial charge is 0.376 e. The molecule has 1 unspecified atom stereocenters. The zero-order valence-electron chi connectivity index (χ0n) is 17.7. The highest BCUT2D eigenvalue weighted by Gasteiger charge is 2.31. The number of hydrogen-bond acceptors (Lipinski definition) is 3. The van der Waals surface area contributed by atoms with Crippen molar-refractivity contribution in [2.75, 3.05) is 16.8 Å². The van der Waals surface area contributed by atoms with Crippen molar-refractivity contribution < 1.29 is 9.59 Å². The second-order valence-electron chi connectivity index (χ2n) is 7.87. The summed E-state index contributed by atoms with van der Waals surface area (Å²) in [5, 5.41) is 6.24. The third kappa shape index (κ3) is 4.94. The van der Waals surface area contributed by atoms with Crippen LogP contribution in [0.15, 0.2) is 78.9 Å². The topological polar surface area (TPSA) is 61.4 Å². The molecular formula is C26H27N3O2. The first kappa shape index (κ1) is 20.7. The summed E-state index contributed by atoms with van der Waals surface area (Å²) >= 11 is 0. The standard InChI is InChI=1S/C26H27N3O2/c1-19-14-16-22(17-15-19)27-18-25(30)28-24-13-7-11-20-8-5-6-12-23(20)29(24)26(31)21-9-3-2-4-10-21/h2-6,8-10,12,14-17,24,27H,7,11,13,18H2,1H3,(H,28,30). The summed E-state index contributed by atoms with van der Waals surface area (Å²) in [6.45, 7) is 2.17. The van der Waals surface area contributed by atoms with Gasteiger partial charge in [-0.05, 0) is 62.1 Å². The molecule has 0 aliphatic carbocycles. The number of anilines is 2. The number of carbonyl (C=O) groups is 2. The van der Waals surface area contributed by atoms with Crippen molar-refractivity contribution >= 4 is 23.2 Å². The van der Waals surface area contributed by atoms with Gasteiger partial charge in [0.05, 0.1) is 6.54 Å². The monoisotopic (exact) mass is 413 g/mol. The molecule has 4 rings (SSSR count). The first-order chi connectivity index (χ1) is 15.1. The van der Waals surface area contributed by atoms with Gasteiger partial charge < -0.3 is 10.6 Å². The number of benzene rings is 3. The molecule has 0 spiro atoms. The molecule has 0 saturated carbocycles. The summed E-state index contributed by atoms with van der Waals surface area (Å²) < 4.78 is 0. The van der Waals surface area contributed by atoms with E-state index in [2.05, 4.69) is 16.7 Å². The van der Waals surface area contributed by atoms with Gasteiger partial charge in [0.25, 0.3) is 5.91 Å². The van der Waals surface area contributed by atoms with E-state index < -0.39 is 6.17 Å².